The maximum absolute atomic E-state index is 8.93. The summed E-state index contributed by atoms with van der Waals surface area (Å²) in [5.41, 5.74) is 0.366. The lowest BCUT2D eigenvalue weighted by atomic mass is 9.72. The lowest BCUT2D eigenvalue weighted by Crippen LogP contribution is -2.48. The van der Waals surface area contributed by atoms with Gasteiger partial charge in [-0.2, -0.15) is 5.26 Å². The smallest absolute Gasteiger partial charge is 0.0625 e. The van der Waals surface area contributed by atoms with Crippen LogP contribution in [0.2, 0.25) is 0 Å². The lowest BCUT2D eigenvalue weighted by Gasteiger charge is -2.45. The van der Waals surface area contributed by atoms with Gasteiger partial charge in [-0.05, 0) is 37.1 Å². The van der Waals surface area contributed by atoms with Crippen LogP contribution in [0, 0.1) is 22.7 Å². The van der Waals surface area contributed by atoms with Gasteiger partial charge in [0.15, 0.2) is 0 Å². The first-order valence-electron chi connectivity index (χ1n) is 6.74. The Labute approximate surface area is 99.6 Å². The molecule has 2 heteroatoms. The number of nitrogens with zero attached hydrogens (tertiary/aromatic N) is 2. The summed E-state index contributed by atoms with van der Waals surface area (Å²) in [5.74, 6) is 0.576. The van der Waals surface area contributed by atoms with Gasteiger partial charge in [0.25, 0.3) is 0 Å². The molecule has 0 spiro atoms. The number of rotatable bonds is 2. The molecule has 2 fully saturated rings. The Morgan fingerprint density at radius 2 is 2.00 bits per heavy atom. The summed E-state index contributed by atoms with van der Waals surface area (Å²) < 4.78 is 0. The van der Waals surface area contributed by atoms with E-state index >= 15 is 0 Å². The fourth-order valence-corrected chi connectivity index (χ4v) is 3.31. The molecule has 0 radical (unpaired) electrons. The van der Waals surface area contributed by atoms with E-state index in [2.05, 4.69) is 24.8 Å². The molecule has 2 aliphatic rings. The predicted octanol–water partition coefficient (Wildman–Crippen LogP) is 3.19. The zero-order chi connectivity index (χ0) is 11.6. The number of likely N-dealkylation sites (tertiary alicyclic amines) is 1. The van der Waals surface area contributed by atoms with E-state index in [-0.39, 0.29) is 0 Å². The van der Waals surface area contributed by atoms with Crippen molar-refractivity contribution in [3.63, 3.8) is 0 Å². The minimum absolute atomic E-state index is 0.366. The molecule has 1 saturated heterocycles. The molecule has 1 saturated carbocycles. The van der Waals surface area contributed by atoms with Crippen molar-refractivity contribution in [2.24, 2.45) is 11.3 Å². The van der Waals surface area contributed by atoms with Gasteiger partial charge >= 0.3 is 0 Å². The highest BCUT2D eigenvalue weighted by molar-refractivity contribution is 4.93. The summed E-state index contributed by atoms with van der Waals surface area (Å²) in [6, 6.07) is 3.21. The molecule has 90 valence electrons. The van der Waals surface area contributed by atoms with Crippen LogP contribution < -0.4 is 0 Å². The van der Waals surface area contributed by atoms with Gasteiger partial charge in [-0.25, -0.2) is 0 Å². The largest absolute Gasteiger partial charge is 0.300 e. The van der Waals surface area contributed by atoms with Crippen molar-refractivity contribution < 1.29 is 0 Å². The lowest BCUT2D eigenvalue weighted by molar-refractivity contribution is 0.0374. The fourth-order valence-electron chi connectivity index (χ4n) is 3.31. The third kappa shape index (κ3) is 2.40. The SMILES string of the molecule is CC1(C)CCN(C2CCCC2)CC1CC#N. The van der Waals surface area contributed by atoms with Gasteiger partial charge in [0.2, 0.25) is 0 Å². The maximum Gasteiger partial charge on any atom is 0.0625 e. The van der Waals surface area contributed by atoms with E-state index in [4.69, 9.17) is 5.26 Å². The molecule has 0 N–H and O–H groups in total. The van der Waals surface area contributed by atoms with Crippen molar-refractivity contribution in [3.05, 3.63) is 0 Å². The Morgan fingerprint density at radius 3 is 2.62 bits per heavy atom. The summed E-state index contributed by atoms with van der Waals surface area (Å²) >= 11 is 0. The molecule has 1 heterocycles. The third-order valence-corrected chi connectivity index (χ3v) is 4.78. The van der Waals surface area contributed by atoms with Crippen LogP contribution in [0.4, 0.5) is 0 Å². The van der Waals surface area contributed by atoms with Crippen LogP contribution in [0.15, 0.2) is 0 Å². The van der Waals surface area contributed by atoms with Crippen LogP contribution in [0.3, 0.4) is 0 Å². The molecule has 1 aliphatic carbocycles. The Kier molecular flexibility index (Phi) is 3.54. The third-order valence-electron chi connectivity index (χ3n) is 4.78. The molecule has 0 aromatic heterocycles. The highest BCUT2D eigenvalue weighted by atomic mass is 15.2. The van der Waals surface area contributed by atoms with E-state index < -0.39 is 0 Å². The van der Waals surface area contributed by atoms with Crippen LogP contribution in [0.1, 0.15) is 52.4 Å². The summed E-state index contributed by atoms with van der Waals surface area (Å²) in [5, 5.41) is 8.93. The highest BCUT2D eigenvalue weighted by Crippen LogP contribution is 2.39. The predicted molar refractivity (Wildman–Crippen MR) is 65.9 cm³/mol. The average molecular weight is 220 g/mol. The van der Waals surface area contributed by atoms with Gasteiger partial charge in [-0.3, -0.25) is 0 Å². The standard InChI is InChI=1S/C14H24N2/c1-14(2)8-10-16(11-12(14)7-9-15)13-5-3-4-6-13/h12-13H,3-8,10-11H2,1-2H3. The number of piperidine rings is 1. The average Bonchev–Trinajstić information content (AvgIpc) is 2.74. The van der Waals surface area contributed by atoms with Crippen LogP contribution in [-0.2, 0) is 0 Å². The van der Waals surface area contributed by atoms with Crippen molar-refractivity contribution >= 4 is 0 Å². The Bertz CT molecular complexity index is 271. The number of hydrogen-bond donors (Lipinski definition) is 0. The molecule has 16 heavy (non-hydrogen) atoms. The topological polar surface area (TPSA) is 27.0 Å². The Morgan fingerprint density at radius 1 is 1.31 bits per heavy atom. The monoisotopic (exact) mass is 220 g/mol. The number of nitriles is 1. The first kappa shape index (κ1) is 11.9. The van der Waals surface area contributed by atoms with E-state index in [0.29, 0.717) is 11.3 Å². The fraction of sp³-hybridized carbons (Fsp3) is 0.929. The molecular weight excluding hydrogens is 196 g/mol. The molecule has 1 aliphatic heterocycles. The van der Waals surface area contributed by atoms with Crippen LogP contribution in [0.5, 0.6) is 0 Å². The Hall–Kier alpha value is -0.550. The van der Waals surface area contributed by atoms with E-state index in [1.807, 2.05) is 0 Å². The van der Waals surface area contributed by atoms with E-state index in [1.165, 1.54) is 38.6 Å². The molecule has 0 aromatic rings. The molecule has 2 nitrogen and oxygen atoms in total. The zero-order valence-electron chi connectivity index (χ0n) is 10.7. The molecule has 0 amide bonds. The zero-order valence-corrected chi connectivity index (χ0v) is 10.7. The highest BCUT2D eigenvalue weighted by Gasteiger charge is 2.37. The van der Waals surface area contributed by atoms with Crippen molar-refractivity contribution in [2.75, 3.05) is 13.1 Å². The molecule has 0 aromatic carbocycles. The van der Waals surface area contributed by atoms with Gasteiger partial charge in [-0.15, -0.1) is 0 Å². The molecule has 2 rings (SSSR count). The van der Waals surface area contributed by atoms with E-state index in [9.17, 15) is 0 Å². The van der Waals surface area contributed by atoms with Crippen LogP contribution >= 0.6 is 0 Å². The minimum atomic E-state index is 0.366. The summed E-state index contributed by atoms with van der Waals surface area (Å²) in [6.45, 7) is 7.08. The maximum atomic E-state index is 8.93. The first-order chi connectivity index (χ1) is 7.63. The van der Waals surface area contributed by atoms with Crippen LogP contribution in [0.25, 0.3) is 0 Å². The van der Waals surface area contributed by atoms with Crippen molar-refractivity contribution in [1.82, 2.24) is 4.90 Å². The van der Waals surface area contributed by atoms with Gasteiger partial charge in [0, 0.05) is 19.0 Å². The minimum Gasteiger partial charge on any atom is -0.300 e. The summed E-state index contributed by atoms with van der Waals surface area (Å²) in [6.07, 6.45) is 7.59. The second-order valence-corrected chi connectivity index (χ2v) is 6.23. The summed E-state index contributed by atoms with van der Waals surface area (Å²) in [4.78, 5) is 2.67. The van der Waals surface area contributed by atoms with Crippen LogP contribution in [-0.4, -0.2) is 24.0 Å². The van der Waals surface area contributed by atoms with E-state index in [1.54, 1.807) is 0 Å². The second kappa shape index (κ2) is 4.75. The van der Waals surface area contributed by atoms with Gasteiger partial charge in [0.1, 0.15) is 0 Å². The Balaban J connectivity index is 1.97. The van der Waals surface area contributed by atoms with Crippen molar-refractivity contribution in [1.29, 1.82) is 5.26 Å². The molecular formula is C14H24N2. The van der Waals surface area contributed by atoms with Gasteiger partial charge in [-0.1, -0.05) is 26.7 Å². The van der Waals surface area contributed by atoms with Gasteiger partial charge < -0.3 is 4.90 Å². The van der Waals surface area contributed by atoms with Gasteiger partial charge in [0.05, 0.1) is 6.07 Å². The van der Waals surface area contributed by atoms with E-state index in [0.717, 1.165) is 19.0 Å². The quantitative estimate of drug-likeness (QED) is 0.714. The molecule has 1 atom stereocenters. The second-order valence-electron chi connectivity index (χ2n) is 6.23. The first-order valence-corrected chi connectivity index (χ1v) is 6.74. The molecule has 1 unspecified atom stereocenters. The summed E-state index contributed by atoms with van der Waals surface area (Å²) in [7, 11) is 0. The van der Waals surface area contributed by atoms with Crippen molar-refractivity contribution in [3.8, 4) is 6.07 Å². The normalized spacial score (nSPS) is 31.4. The number of hydrogen-bond acceptors (Lipinski definition) is 2. The molecule has 0 bridgehead atoms. The van der Waals surface area contributed by atoms with Crippen molar-refractivity contribution in [2.45, 2.75) is 58.4 Å².